The van der Waals surface area contributed by atoms with Crippen LogP contribution in [0, 0.1) is 23.2 Å². The van der Waals surface area contributed by atoms with Gasteiger partial charge in [-0.25, -0.2) is 0 Å². The molecule has 0 bridgehead atoms. The van der Waals surface area contributed by atoms with Crippen LogP contribution >= 0.6 is 0 Å². The molecule has 0 aromatic heterocycles. The standard InChI is InChI=1S/C27H37NO3/c1-19-7-6-10-26(2)17-24-21(15-23(19)26)22(25(29)31-24)18-28-13-11-27(30,12-14-28)16-20-8-4-3-5-9-20/h3-5,8-9,21-24,30H,1,6-7,10-18H2,2H3/t21-,22+,23+,24-,26-/m1/s1. The third kappa shape index (κ3) is 4.09. The highest BCUT2D eigenvalue weighted by molar-refractivity contribution is 5.75. The number of esters is 1. The number of benzene rings is 1. The van der Waals surface area contributed by atoms with Crippen molar-refractivity contribution in [2.24, 2.45) is 23.2 Å². The zero-order chi connectivity index (χ0) is 21.6. The summed E-state index contributed by atoms with van der Waals surface area (Å²) in [7, 11) is 0. The number of ether oxygens (including phenoxy) is 1. The molecule has 1 aromatic rings. The van der Waals surface area contributed by atoms with E-state index >= 15 is 0 Å². The Morgan fingerprint density at radius 2 is 1.94 bits per heavy atom. The van der Waals surface area contributed by atoms with E-state index in [4.69, 9.17) is 4.74 Å². The van der Waals surface area contributed by atoms with Gasteiger partial charge in [-0.2, -0.15) is 0 Å². The van der Waals surface area contributed by atoms with Gasteiger partial charge in [0.1, 0.15) is 6.10 Å². The number of aliphatic hydroxyl groups is 1. The minimum atomic E-state index is -0.636. The van der Waals surface area contributed by atoms with E-state index in [0.717, 1.165) is 51.7 Å². The van der Waals surface area contributed by atoms with Crippen molar-refractivity contribution in [1.82, 2.24) is 4.90 Å². The van der Waals surface area contributed by atoms with Crippen LogP contribution in [0.15, 0.2) is 42.5 Å². The summed E-state index contributed by atoms with van der Waals surface area (Å²) in [6.45, 7) is 9.26. The second-order valence-electron chi connectivity index (χ2n) is 11.1. The van der Waals surface area contributed by atoms with Crippen molar-refractivity contribution in [2.45, 2.75) is 70.0 Å². The van der Waals surface area contributed by atoms with Crippen LogP contribution in [0.3, 0.4) is 0 Å². The van der Waals surface area contributed by atoms with E-state index in [1.165, 1.54) is 24.0 Å². The quantitative estimate of drug-likeness (QED) is 0.577. The van der Waals surface area contributed by atoms with Gasteiger partial charge in [0, 0.05) is 32.0 Å². The summed E-state index contributed by atoms with van der Waals surface area (Å²) in [6, 6.07) is 10.3. The Morgan fingerprint density at radius 3 is 2.68 bits per heavy atom. The lowest BCUT2D eigenvalue weighted by Gasteiger charge is -2.50. The van der Waals surface area contributed by atoms with Gasteiger partial charge < -0.3 is 14.7 Å². The molecule has 2 saturated heterocycles. The third-order valence-corrected chi connectivity index (χ3v) is 8.94. The van der Waals surface area contributed by atoms with Gasteiger partial charge in [0.2, 0.25) is 0 Å². The summed E-state index contributed by atoms with van der Waals surface area (Å²) in [6.07, 6.45) is 7.97. The van der Waals surface area contributed by atoms with Gasteiger partial charge in [0.15, 0.2) is 0 Å². The van der Waals surface area contributed by atoms with Crippen LogP contribution in [0.1, 0.15) is 57.4 Å². The maximum atomic E-state index is 12.9. The van der Waals surface area contributed by atoms with Gasteiger partial charge in [-0.3, -0.25) is 4.79 Å². The van der Waals surface area contributed by atoms with Crippen molar-refractivity contribution in [3.63, 3.8) is 0 Å². The summed E-state index contributed by atoms with van der Waals surface area (Å²) in [5.74, 6) is 0.847. The summed E-state index contributed by atoms with van der Waals surface area (Å²) in [5.41, 5.74) is 2.21. The lowest BCUT2D eigenvalue weighted by molar-refractivity contribution is -0.146. The first kappa shape index (κ1) is 21.2. The zero-order valence-electron chi connectivity index (χ0n) is 18.9. The third-order valence-electron chi connectivity index (χ3n) is 8.94. The molecule has 4 fully saturated rings. The van der Waals surface area contributed by atoms with Crippen molar-refractivity contribution in [3.8, 4) is 0 Å². The molecule has 2 aliphatic carbocycles. The molecule has 2 aliphatic heterocycles. The summed E-state index contributed by atoms with van der Waals surface area (Å²) in [4.78, 5) is 15.2. The van der Waals surface area contributed by atoms with Crippen molar-refractivity contribution >= 4 is 5.97 Å². The van der Waals surface area contributed by atoms with Crippen molar-refractivity contribution in [2.75, 3.05) is 19.6 Å². The van der Waals surface area contributed by atoms with E-state index in [9.17, 15) is 9.90 Å². The normalized spacial score (nSPS) is 37.7. The highest BCUT2D eigenvalue weighted by Gasteiger charge is 2.55. The van der Waals surface area contributed by atoms with Crippen molar-refractivity contribution < 1.29 is 14.6 Å². The van der Waals surface area contributed by atoms with E-state index in [2.05, 4.69) is 30.5 Å². The Hall–Kier alpha value is -1.65. The lowest BCUT2D eigenvalue weighted by atomic mass is 9.55. The number of rotatable bonds is 4. The molecule has 2 saturated carbocycles. The molecule has 4 nitrogen and oxygen atoms in total. The van der Waals surface area contributed by atoms with E-state index < -0.39 is 5.60 Å². The monoisotopic (exact) mass is 423 g/mol. The molecule has 5 rings (SSSR count). The van der Waals surface area contributed by atoms with Crippen LogP contribution < -0.4 is 0 Å². The number of hydrogen-bond acceptors (Lipinski definition) is 4. The molecule has 31 heavy (non-hydrogen) atoms. The molecule has 2 heterocycles. The first-order chi connectivity index (χ1) is 14.9. The Labute approximate surface area is 186 Å². The minimum Gasteiger partial charge on any atom is -0.462 e. The fraction of sp³-hybridized carbons (Fsp3) is 0.667. The number of carbonyl (C=O) groups excluding carboxylic acids is 1. The molecular weight excluding hydrogens is 386 g/mol. The molecule has 4 heteroatoms. The first-order valence-corrected chi connectivity index (χ1v) is 12.2. The molecule has 1 N–H and O–H groups in total. The number of fused-ring (bicyclic) bond motifs is 2. The van der Waals surface area contributed by atoms with Crippen molar-refractivity contribution in [3.05, 3.63) is 48.0 Å². The average Bonchev–Trinajstić information content (AvgIpc) is 3.02. The van der Waals surface area contributed by atoms with Crippen LogP contribution in [-0.4, -0.2) is 47.3 Å². The predicted octanol–water partition coefficient (Wildman–Crippen LogP) is 4.37. The highest BCUT2D eigenvalue weighted by Crippen LogP contribution is 2.57. The van der Waals surface area contributed by atoms with Gasteiger partial charge in [-0.1, -0.05) is 49.4 Å². The SMILES string of the molecule is C=C1CCC[C@]2(C)C[C@H]3OC(=O)[C@@H](CN4CCC(O)(Cc5ccccc5)CC4)[C@H]3C[C@@H]12. The highest BCUT2D eigenvalue weighted by atomic mass is 16.6. The number of likely N-dealkylation sites (tertiary alicyclic amines) is 1. The van der Waals surface area contributed by atoms with Gasteiger partial charge >= 0.3 is 5.97 Å². The molecule has 4 aliphatic rings. The van der Waals surface area contributed by atoms with Crippen molar-refractivity contribution in [1.29, 1.82) is 0 Å². The fourth-order valence-electron chi connectivity index (χ4n) is 7.05. The molecular formula is C27H37NO3. The van der Waals surface area contributed by atoms with Gasteiger partial charge in [0.25, 0.3) is 0 Å². The van der Waals surface area contributed by atoms with Crippen LogP contribution in [0.2, 0.25) is 0 Å². The van der Waals surface area contributed by atoms with E-state index in [-0.39, 0.29) is 23.4 Å². The molecule has 168 valence electrons. The molecule has 0 radical (unpaired) electrons. The molecule has 0 spiro atoms. The smallest absolute Gasteiger partial charge is 0.310 e. The predicted molar refractivity (Wildman–Crippen MR) is 121 cm³/mol. The van der Waals surface area contributed by atoms with Gasteiger partial charge in [-0.15, -0.1) is 0 Å². The molecule has 0 unspecified atom stereocenters. The summed E-state index contributed by atoms with van der Waals surface area (Å²) in [5, 5.41) is 11.1. The second-order valence-corrected chi connectivity index (χ2v) is 11.1. The molecule has 5 atom stereocenters. The maximum absolute atomic E-state index is 12.9. The van der Waals surface area contributed by atoms with Crippen LogP contribution in [0.5, 0.6) is 0 Å². The van der Waals surface area contributed by atoms with E-state index in [0.29, 0.717) is 18.3 Å². The first-order valence-electron chi connectivity index (χ1n) is 12.2. The van der Waals surface area contributed by atoms with Crippen LogP contribution in [0.25, 0.3) is 0 Å². The molecule has 1 aromatic carbocycles. The van der Waals surface area contributed by atoms with Crippen LogP contribution in [0.4, 0.5) is 0 Å². The number of hydrogen-bond donors (Lipinski definition) is 1. The summed E-state index contributed by atoms with van der Waals surface area (Å²) < 4.78 is 5.94. The maximum Gasteiger partial charge on any atom is 0.310 e. The number of nitrogens with zero attached hydrogens (tertiary/aromatic N) is 1. The zero-order valence-corrected chi connectivity index (χ0v) is 18.9. The average molecular weight is 424 g/mol. The van der Waals surface area contributed by atoms with Crippen LogP contribution in [-0.2, 0) is 16.0 Å². The fourth-order valence-corrected chi connectivity index (χ4v) is 7.05. The largest absolute Gasteiger partial charge is 0.462 e. The topological polar surface area (TPSA) is 49.8 Å². The second kappa shape index (κ2) is 8.04. The Balaban J connectivity index is 1.21. The van der Waals surface area contributed by atoms with Gasteiger partial charge in [0.05, 0.1) is 11.5 Å². The van der Waals surface area contributed by atoms with E-state index in [1.54, 1.807) is 0 Å². The Morgan fingerprint density at radius 1 is 1.19 bits per heavy atom. The minimum absolute atomic E-state index is 0.00739. The van der Waals surface area contributed by atoms with Gasteiger partial charge in [-0.05, 0) is 61.8 Å². The Kier molecular flexibility index (Phi) is 5.50. The van der Waals surface area contributed by atoms with E-state index in [1.807, 2.05) is 18.2 Å². The number of allylic oxidation sites excluding steroid dienone is 1. The molecule has 0 amide bonds. The summed E-state index contributed by atoms with van der Waals surface area (Å²) >= 11 is 0. The lowest BCUT2D eigenvalue weighted by Crippen LogP contribution is -2.49. The number of carbonyl (C=O) groups is 1. The Bertz CT molecular complexity index is 828. The number of piperidine rings is 1.